The summed E-state index contributed by atoms with van der Waals surface area (Å²) < 4.78 is 1.70. The van der Waals surface area contributed by atoms with E-state index in [1.54, 1.807) is 10.9 Å². The van der Waals surface area contributed by atoms with Crippen LogP contribution < -0.4 is 5.73 Å². The van der Waals surface area contributed by atoms with E-state index in [0.29, 0.717) is 29.8 Å². The fourth-order valence-electron chi connectivity index (χ4n) is 3.42. The van der Waals surface area contributed by atoms with E-state index in [4.69, 9.17) is 5.73 Å². The minimum absolute atomic E-state index is 0.0567. The molecule has 2 atom stereocenters. The Bertz CT molecular complexity index is 456. The first kappa shape index (κ1) is 11.6. The molecular formula is C13H20N4O. The highest BCUT2D eigenvalue weighted by molar-refractivity contribution is 5.97. The van der Waals surface area contributed by atoms with Crippen molar-refractivity contribution in [1.29, 1.82) is 0 Å². The molecule has 5 heteroatoms. The van der Waals surface area contributed by atoms with Crippen LogP contribution in [-0.2, 0) is 6.54 Å². The first-order valence-corrected chi connectivity index (χ1v) is 6.81. The Hall–Kier alpha value is -1.52. The van der Waals surface area contributed by atoms with E-state index >= 15 is 0 Å². The van der Waals surface area contributed by atoms with E-state index in [1.165, 1.54) is 19.3 Å². The van der Waals surface area contributed by atoms with Gasteiger partial charge in [-0.25, -0.2) is 0 Å². The molecule has 2 heterocycles. The number of nitrogens with two attached hydrogens (primary N) is 1. The zero-order chi connectivity index (χ0) is 12.7. The molecule has 0 radical (unpaired) electrons. The summed E-state index contributed by atoms with van der Waals surface area (Å²) in [6, 6.07) is 0. The van der Waals surface area contributed by atoms with Gasteiger partial charge in [0.15, 0.2) is 0 Å². The standard InChI is InChI=1S/C13H20N4O/c1-2-17-12(11(14)6-15-17)13(18)16-7-9-4-3-5-10(9)8-16/h6,9-10H,2-5,7-8,14H2,1H3. The second-order valence-corrected chi connectivity index (χ2v) is 5.43. The van der Waals surface area contributed by atoms with Gasteiger partial charge in [0.1, 0.15) is 5.69 Å². The second kappa shape index (κ2) is 4.30. The fraction of sp³-hybridized carbons (Fsp3) is 0.692. The predicted octanol–water partition coefficient (Wildman–Crippen LogP) is 1.36. The largest absolute Gasteiger partial charge is 0.396 e. The lowest BCUT2D eigenvalue weighted by Crippen LogP contribution is -2.32. The SMILES string of the molecule is CCn1ncc(N)c1C(=O)N1CC2CCCC2C1. The molecular weight excluding hydrogens is 228 g/mol. The minimum atomic E-state index is 0.0567. The van der Waals surface area contributed by atoms with Crippen LogP contribution in [0.15, 0.2) is 6.20 Å². The Labute approximate surface area is 107 Å². The Kier molecular flexibility index (Phi) is 2.76. The molecule has 5 nitrogen and oxygen atoms in total. The molecule has 2 aliphatic rings. The molecule has 1 aromatic heterocycles. The van der Waals surface area contributed by atoms with Crippen LogP contribution in [0.2, 0.25) is 0 Å². The van der Waals surface area contributed by atoms with E-state index in [9.17, 15) is 4.79 Å². The number of carbonyl (C=O) groups excluding carboxylic acids is 1. The molecule has 0 aromatic carbocycles. The lowest BCUT2D eigenvalue weighted by Gasteiger charge is -2.18. The van der Waals surface area contributed by atoms with E-state index in [0.717, 1.165) is 13.1 Å². The third kappa shape index (κ3) is 1.69. The lowest BCUT2D eigenvalue weighted by molar-refractivity contribution is 0.0769. The van der Waals surface area contributed by atoms with Crippen LogP contribution in [0, 0.1) is 11.8 Å². The molecule has 1 aliphatic carbocycles. The summed E-state index contributed by atoms with van der Waals surface area (Å²) in [6.45, 7) is 4.45. The van der Waals surface area contributed by atoms with Gasteiger partial charge in [-0.1, -0.05) is 6.42 Å². The Morgan fingerprint density at radius 3 is 2.72 bits per heavy atom. The van der Waals surface area contributed by atoms with Gasteiger partial charge in [-0.3, -0.25) is 9.48 Å². The van der Waals surface area contributed by atoms with Crippen molar-refractivity contribution in [3.05, 3.63) is 11.9 Å². The van der Waals surface area contributed by atoms with Crippen LogP contribution in [0.1, 0.15) is 36.7 Å². The third-order valence-electron chi connectivity index (χ3n) is 4.38. The number of carbonyl (C=O) groups is 1. The van der Waals surface area contributed by atoms with Crippen LogP contribution in [0.3, 0.4) is 0 Å². The molecule has 1 saturated heterocycles. The van der Waals surface area contributed by atoms with Crippen LogP contribution >= 0.6 is 0 Å². The highest BCUT2D eigenvalue weighted by Crippen LogP contribution is 2.38. The van der Waals surface area contributed by atoms with Crippen molar-refractivity contribution in [1.82, 2.24) is 14.7 Å². The van der Waals surface area contributed by atoms with Gasteiger partial charge >= 0.3 is 0 Å². The number of nitrogens with zero attached hydrogens (tertiary/aromatic N) is 3. The van der Waals surface area contributed by atoms with Gasteiger partial charge in [0.2, 0.25) is 0 Å². The molecule has 18 heavy (non-hydrogen) atoms. The molecule has 1 aromatic rings. The van der Waals surface area contributed by atoms with Gasteiger partial charge < -0.3 is 10.6 Å². The van der Waals surface area contributed by atoms with E-state index < -0.39 is 0 Å². The van der Waals surface area contributed by atoms with Crippen molar-refractivity contribution < 1.29 is 4.79 Å². The highest BCUT2D eigenvalue weighted by atomic mass is 16.2. The van der Waals surface area contributed by atoms with Crippen molar-refractivity contribution in [3.63, 3.8) is 0 Å². The van der Waals surface area contributed by atoms with Crippen LogP contribution in [0.25, 0.3) is 0 Å². The smallest absolute Gasteiger partial charge is 0.274 e. The number of amides is 1. The van der Waals surface area contributed by atoms with Gasteiger partial charge in [0, 0.05) is 19.6 Å². The first-order chi connectivity index (χ1) is 8.70. The number of hydrogen-bond acceptors (Lipinski definition) is 3. The molecule has 2 fully saturated rings. The van der Waals surface area contributed by atoms with Crippen LogP contribution in [0.5, 0.6) is 0 Å². The summed E-state index contributed by atoms with van der Waals surface area (Å²) in [4.78, 5) is 14.5. The summed E-state index contributed by atoms with van der Waals surface area (Å²) in [5, 5.41) is 4.14. The maximum atomic E-state index is 12.5. The average molecular weight is 248 g/mol. The van der Waals surface area contributed by atoms with Crippen LogP contribution in [0.4, 0.5) is 5.69 Å². The summed E-state index contributed by atoms with van der Waals surface area (Å²) in [7, 11) is 0. The number of likely N-dealkylation sites (tertiary alicyclic amines) is 1. The van der Waals surface area contributed by atoms with Crippen molar-refractivity contribution in [2.75, 3.05) is 18.8 Å². The summed E-state index contributed by atoms with van der Waals surface area (Å²) in [5.41, 5.74) is 6.94. The maximum Gasteiger partial charge on any atom is 0.274 e. The number of aromatic nitrogens is 2. The molecule has 98 valence electrons. The molecule has 1 aliphatic heterocycles. The number of hydrogen-bond donors (Lipinski definition) is 1. The molecule has 0 bridgehead atoms. The monoisotopic (exact) mass is 248 g/mol. The topological polar surface area (TPSA) is 64.2 Å². The first-order valence-electron chi connectivity index (χ1n) is 6.81. The van der Waals surface area contributed by atoms with Gasteiger partial charge in [0.05, 0.1) is 11.9 Å². The van der Waals surface area contributed by atoms with E-state index in [1.807, 2.05) is 11.8 Å². The Morgan fingerprint density at radius 1 is 1.44 bits per heavy atom. The quantitative estimate of drug-likeness (QED) is 0.859. The molecule has 1 saturated carbocycles. The number of fused-ring (bicyclic) bond motifs is 1. The van der Waals surface area contributed by atoms with Crippen LogP contribution in [-0.4, -0.2) is 33.7 Å². The van der Waals surface area contributed by atoms with E-state index in [-0.39, 0.29) is 5.91 Å². The number of nitrogen functional groups attached to an aromatic ring is 1. The zero-order valence-corrected chi connectivity index (χ0v) is 10.8. The van der Waals surface area contributed by atoms with Crippen molar-refractivity contribution in [3.8, 4) is 0 Å². The van der Waals surface area contributed by atoms with Gasteiger partial charge in [0.25, 0.3) is 5.91 Å². The van der Waals surface area contributed by atoms with Gasteiger partial charge in [-0.15, -0.1) is 0 Å². The average Bonchev–Trinajstić information content (AvgIpc) is 3.00. The summed E-state index contributed by atoms with van der Waals surface area (Å²) >= 11 is 0. The predicted molar refractivity (Wildman–Crippen MR) is 69.0 cm³/mol. The van der Waals surface area contributed by atoms with Crippen molar-refractivity contribution >= 4 is 11.6 Å². The normalized spacial score (nSPS) is 26.6. The fourth-order valence-corrected chi connectivity index (χ4v) is 3.42. The lowest BCUT2D eigenvalue weighted by atomic mass is 10.0. The van der Waals surface area contributed by atoms with E-state index in [2.05, 4.69) is 5.10 Å². The molecule has 0 spiro atoms. The maximum absolute atomic E-state index is 12.5. The molecule has 3 rings (SSSR count). The third-order valence-corrected chi connectivity index (χ3v) is 4.38. The Balaban J connectivity index is 1.81. The van der Waals surface area contributed by atoms with Gasteiger partial charge in [-0.2, -0.15) is 5.10 Å². The van der Waals surface area contributed by atoms with Crippen molar-refractivity contribution in [2.24, 2.45) is 11.8 Å². The Morgan fingerprint density at radius 2 is 2.11 bits per heavy atom. The molecule has 2 N–H and O–H groups in total. The number of rotatable bonds is 2. The number of aryl methyl sites for hydroxylation is 1. The summed E-state index contributed by atoms with van der Waals surface area (Å²) in [6.07, 6.45) is 5.45. The summed E-state index contributed by atoms with van der Waals surface area (Å²) in [5.74, 6) is 1.49. The van der Waals surface area contributed by atoms with Crippen molar-refractivity contribution in [2.45, 2.75) is 32.7 Å². The van der Waals surface area contributed by atoms with Gasteiger partial charge in [-0.05, 0) is 31.6 Å². The highest BCUT2D eigenvalue weighted by Gasteiger charge is 2.39. The second-order valence-electron chi connectivity index (χ2n) is 5.43. The zero-order valence-electron chi connectivity index (χ0n) is 10.8. The number of anilines is 1. The minimum Gasteiger partial charge on any atom is -0.396 e. The molecule has 2 unspecified atom stereocenters. The molecule has 1 amide bonds.